The summed E-state index contributed by atoms with van der Waals surface area (Å²) < 4.78 is 2.65. The zero-order valence-electron chi connectivity index (χ0n) is 18.6. The Bertz CT molecular complexity index is 1320. The number of benzene rings is 1. The minimum Gasteiger partial charge on any atom is -0.477 e. The van der Waals surface area contributed by atoms with Crippen LogP contribution < -0.4 is 9.88 Å². The van der Waals surface area contributed by atoms with Crippen LogP contribution in [-0.4, -0.2) is 49.9 Å². The molecule has 178 valence electrons. The minimum absolute atomic E-state index is 0.0270. The van der Waals surface area contributed by atoms with Gasteiger partial charge in [0.2, 0.25) is 5.91 Å². The van der Waals surface area contributed by atoms with Crippen LogP contribution in [0.2, 0.25) is 0 Å². The van der Waals surface area contributed by atoms with Crippen molar-refractivity contribution in [3.05, 3.63) is 76.4 Å². The smallest absolute Gasteiger partial charge is 0.353 e. The third-order valence-corrected chi connectivity index (χ3v) is 9.11. The van der Waals surface area contributed by atoms with Crippen LogP contribution in [0, 0.1) is 0 Å². The van der Waals surface area contributed by atoms with Gasteiger partial charge in [-0.3, -0.25) is 14.5 Å². The highest BCUT2D eigenvalue weighted by Gasteiger charge is 2.54. The van der Waals surface area contributed by atoms with Crippen molar-refractivity contribution in [2.45, 2.75) is 22.2 Å². The fourth-order valence-corrected chi connectivity index (χ4v) is 7.35. The van der Waals surface area contributed by atoms with Crippen LogP contribution in [0.15, 0.2) is 75.2 Å². The number of β-lactam (4-membered cyclic amide) rings is 1. The highest BCUT2D eigenvalue weighted by atomic mass is 32.2. The van der Waals surface area contributed by atoms with Gasteiger partial charge in [0.1, 0.15) is 24.2 Å². The molecule has 0 bridgehead atoms. The first-order valence-electron chi connectivity index (χ1n) is 10.7. The summed E-state index contributed by atoms with van der Waals surface area (Å²) in [6.07, 6.45) is 4.04. The summed E-state index contributed by atoms with van der Waals surface area (Å²) in [7, 11) is 1.94. The van der Waals surface area contributed by atoms with Gasteiger partial charge in [-0.2, -0.15) is 0 Å². The molecule has 35 heavy (non-hydrogen) atoms. The van der Waals surface area contributed by atoms with E-state index in [1.807, 2.05) is 71.9 Å². The minimum atomic E-state index is -1.16. The van der Waals surface area contributed by atoms with E-state index < -0.39 is 23.3 Å². The number of thioether (sulfide) groups is 2. The average Bonchev–Trinajstić information content (AvgIpc) is 3.31. The van der Waals surface area contributed by atoms with Gasteiger partial charge in [-0.1, -0.05) is 42.1 Å². The first-order valence-corrected chi connectivity index (χ1v) is 13.5. The number of carbonyl (C=O) groups is 3. The zero-order valence-corrected chi connectivity index (χ0v) is 21.0. The molecule has 0 spiro atoms. The predicted molar refractivity (Wildman–Crippen MR) is 134 cm³/mol. The highest BCUT2D eigenvalue weighted by Crippen LogP contribution is 2.46. The summed E-state index contributed by atoms with van der Waals surface area (Å²) in [6, 6.07) is 12.5. The van der Waals surface area contributed by atoms with Crippen molar-refractivity contribution in [2.24, 2.45) is 7.05 Å². The molecule has 2 N–H and O–H groups in total. The Morgan fingerprint density at radius 3 is 2.69 bits per heavy atom. The molecule has 11 heteroatoms. The predicted octanol–water partition coefficient (Wildman–Crippen LogP) is 2.67. The van der Waals surface area contributed by atoms with E-state index >= 15 is 0 Å². The number of aryl methyl sites for hydroxylation is 1. The summed E-state index contributed by atoms with van der Waals surface area (Å²) in [4.78, 5) is 44.0. The average molecular weight is 526 g/mol. The van der Waals surface area contributed by atoms with Gasteiger partial charge in [0.15, 0.2) is 16.7 Å². The summed E-state index contributed by atoms with van der Waals surface area (Å²) in [5.41, 5.74) is 2.62. The highest BCUT2D eigenvalue weighted by molar-refractivity contribution is 8.07. The lowest BCUT2D eigenvalue weighted by Gasteiger charge is -2.49. The van der Waals surface area contributed by atoms with E-state index in [4.69, 9.17) is 0 Å². The lowest BCUT2D eigenvalue weighted by atomic mass is 10.0. The van der Waals surface area contributed by atoms with Crippen molar-refractivity contribution in [3.8, 4) is 11.3 Å². The fourth-order valence-electron chi connectivity index (χ4n) is 3.89. The topological polar surface area (TPSA) is 103 Å². The molecule has 5 rings (SSSR count). The standard InChI is InChI=1S/C24H20N4O4S3/c1-27-9-7-15(8-10-27)16-12-34-24(25-16)35-17-13-33-22-19(21(30)28(22)20(17)23(31)32)26-18(29)11-14-5-3-2-4-6-14/h2-10,12,19,22H,11,13H2,1H3,(H-,26,29,31,32)/p+1/t19-,22-/m1/s1. The number of hydrogen-bond acceptors (Lipinski definition) is 7. The molecule has 1 fully saturated rings. The van der Waals surface area contributed by atoms with E-state index in [0.717, 1.165) is 16.8 Å². The van der Waals surface area contributed by atoms with Crippen molar-refractivity contribution >= 4 is 52.6 Å². The maximum Gasteiger partial charge on any atom is 0.353 e. The Labute approximate surface area is 214 Å². The SMILES string of the molecule is C[n+]1ccc(-c2csc(SC3=C(C(=O)O)N4C(=O)[C@@H](NC(=O)Cc5ccccc5)[C@H]4SC3)n2)cc1. The molecule has 0 radical (unpaired) electrons. The lowest BCUT2D eigenvalue weighted by molar-refractivity contribution is -0.671. The summed E-state index contributed by atoms with van der Waals surface area (Å²) >= 11 is 4.16. The molecular weight excluding hydrogens is 504 g/mol. The number of carboxylic acids is 1. The number of carboxylic acid groups (broad SMARTS) is 1. The number of nitrogens with zero attached hydrogens (tertiary/aromatic N) is 3. The molecule has 2 aliphatic rings. The quantitative estimate of drug-likeness (QED) is 0.361. The number of pyridine rings is 1. The Morgan fingerprint density at radius 2 is 1.97 bits per heavy atom. The molecule has 1 saturated heterocycles. The van der Waals surface area contributed by atoms with Gasteiger partial charge in [-0.15, -0.1) is 23.1 Å². The van der Waals surface area contributed by atoms with E-state index in [-0.39, 0.29) is 18.0 Å². The van der Waals surface area contributed by atoms with Gasteiger partial charge >= 0.3 is 5.97 Å². The summed E-state index contributed by atoms with van der Waals surface area (Å²) in [5, 5.41) is 14.2. The molecule has 2 amide bonds. The van der Waals surface area contributed by atoms with Gasteiger partial charge in [-0.25, -0.2) is 14.3 Å². The first-order chi connectivity index (χ1) is 16.9. The molecule has 0 unspecified atom stereocenters. The van der Waals surface area contributed by atoms with Crippen molar-refractivity contribution in [2.75, 3.05) is 5.75 Å². The van der Waals surface area contributed by atoms with Gasteiger partial charge in [0, 0.05) is 33.7 Å². The second-order valence-electron chi connectivity index (χ2n) is 8.05. The molecule has 8 nitrogen and oxygen atoms in total. The van der Waals surface area contributed by atoms with E-state index in [1.165, 1.54) is 39.8 Å². The molecule has 2 aromatic heterocycles. The normalized spacial score (nSPS) is 19.2. The van der Waals surface area contributed by atoms with E-state index in [9.17, 15) is 19.5 Å². The second-order valence-corrected chi connectivity index (χ2v) is 11.4. The maximum atomic E-state index is 12.9. The van der Waals surface area contributed by atoms with Gasteiger partial charge in [0.05, 0.1) is 12.1 Å². The number of amides is 2. The van der Waals surface area contributed by atoms with Crippen molar-refractivity contribution < 1.29 is 24.1 Å². The zero-order chi connectivity index (χ0) is 24.5. The Morgan fingerprint density at radius 1 is 1.23 bits per heavy atom. The van der Waals surface area contributed by atoms with Crippen LogP contribution >= 0.6 is 34.9 Å². The Hall–Kier alpha value is -3.15. The fraction of sp³-hybridized carbons (Fsp3) is 0.208. The van der Waals surface area contributed by atoms with Gasteiger partial charge in [-0.05, 0) is 5.56 Å². The molecule has 3 aromatic rings. The van der Waals surface area contributed by atoms with Gasteiger partial charge < -0.3 is 10.4 Å². The van der Waals surface area contributed by atoms with Crippen molar-refractivity contribution in [1.29, 1.82) is 0 Å². The number of thiazole rings is 1. The van der Waals surface area contributed by atoms with Crippen LogP contribution in [0.4, 0.5) is 0 Å². The molecule has 0 saturated carbocycles. The molecule has 1 aromatic carbocycles. The van der Waals surface area contributed by atoms with Crippen LogP contribution in [0.5, 0.6) is 0 Å². The van der Waals surface area contributed by atoms with Crippen LogP contribution in [0.25, 0.3) is 11.3 Å². The van der Waals surface area contributed by atoms with E-state index in [0.29, 0.717) is 15.0 Å². The van der Waals surface area contributed by atoms with Crippen LogP contribution in [0.1, 0.15) is 5.56 Å². The van der Waals surface area contributed by atoms with Crippen LogP contribution in [0.3, 0.4) is 0 Å². The lowest BCUT2D eigenvalue weighted by Crippen LogP contribution is -2.70. The third-order valence-electron chi connectivity index (χ3n) is 5.63. The number of hydrogen-bond donors (Lipinski definition) is 2. The number of rotatable bonds is 7. The molecule has 4 heterocycles. The summed E-state index contributed by atoms with van der Waals surface area (Å²) in [5.74, 6) is -1.41. The number of nitrogens with one attached hydrogen (secondary N) is 1. The Balaban J connectivity index is 1.30. The second kappa shape index (κ2) is 9.84. The summed E-state index contributed by atoms with van der Waals surface area (Å²) in [6.45, 7) is 0. The number of aromatic nitrogens is 2. The first kappa shape index (κ1) is 23.6. The molecular formula is C24H21N4O4S3+. The van der Waals surface area contributed by atoms with Crippen molar-refractivity contribution in [3.63, 3.8) is 0 Å². The Kier molecular flexibility index (Phi) is 6.63. The molecule has 0 aliphatic carbocycles. The number of fused-ring (bicyclic) bond motifs is 1. The molecule has 2 atom stereocenters. The largest absolute Gasteiger partial charge is 0.477 e. The number of carbonyl (C=O) groups excluding carboxylic acids is 2. The molecule has 2 aliphatic heterocycles. The maximum absolute atomic E-state index is 12.9. The third kappa shape index (κ3) is 4.84. The van der Waals surface area contributed by atoms with E-state index in [1.54, 1.807) is 0 Å². The van der Waals surface area contributed by atoms with Crippen LogP contribution in [-0.2, 0) is 27.9 Å². The number of aliphatic carboxylic acids is 1. The van der Waals surface area contributed by atoms with E-state index in [2.05, 4.69) is 10.3 Å². The monoisotopic (exact) mass is 525 g/mol. The van der Waals surface area contributed by atoms with Crippen molar-refractivity contribution in [1.82, 2.24) is 15.2 Å². The van der Waals surface area contributed by atoms with Gasteiger partial charge in [0.25, 0.3) is 5.91 Å².